The average molecular weight is 320 g/mol. The van der Waals surface area contributed by atoms with Crippen molar-refractivity contribution < 1.29 is 22.4 Å². The van der Waals surface area contributed by atoms with Crippen LogP contribution in [0.15, 0.2) is 60.7 Å². The van der Waals surface area contributed by atoms with Crippen molar-refractivity contribution in [2.75, 3.05) is 20.6 Å². The van der Waals surface area contributed by atoms with E-state index >= 15 is 0 Å². The molecule has 0 spiro atoms. The summed E-state index contributed by atoms with van der Waals surface area (Å²) in [5.74, 6) is 0.171. The molecular weight excluding hydrogens is 294 g/mol. The summed E-state index contributed by atoms with van der Waals surface area (Å²) in [5.41, 5.74) is 1.34. The Labute approximate surface area is 140 Å². The van der Waals surface area contributed by atoms with Crippen LogP contribution in [0.5, 0.6) is 0 Å². The van der Waals surface area contributed by atoms with Crippen LogP contribution in [0.2, 0.25) is 0 Å². The molecule has 0 heterocycles. The summed E-state index contributed by atoms with van der Waals surface area (Å²) in [6.07, 6.45) is 0.645. The van der Waals surface area contributed by atoms with E-state index in [1.54, 1.807) is 0 Å². The maximum absolute atomic E-state index is 11.4. The molecule has 0 amide bonds. The number of benzene rings is 2. The number of aliphatic hydroxyl groups is 1. The van der Waals surface area contributed by atoms with Crippen LogP contribution in [0.3, 0.4) is 0 Å². The lowest BCUT2D eigenvalue weighted by molar-refractivity contribution is -0.863. The lowest BCUT2D eigenvalue weighted by Crippen LogP contribution is -3.06. The molecule has 120 valence electrons. The third-order valence-corrected chi connectivity index (χ3v) is 4.12. The Bertz CT molecular complexity index is 544. The van der Waals surface area contributed by atoms with Crippen molar-refractivity contribution in [3.63, 3.8) is 0 Å². The molecule has 0 bridgehead atoms. The largest absolute Gasteiger partial charge is 1.00 e. The summed E-state index contributed by atoms with van der Waals surface area (Å²) < 4.78 is 0. The molecule has 2 aromatic rings. The van der Waals surface area contributed by atoms with E-state index in [9.17, 15) is 5.11 Å². The molecule has 0 radical (unpaired) electrons. The van der Waals surface area contributed by atoms with Crippen LogP contribution in [0.25, 0.3) is 0 Å². The number of halogens is 1. The Morgan fingerprint density at radius 1 is 0.955 bits per heavy atom. The average Bonchev–Trinajstić information content (AvgIpc) is 2.48. The highest BCUT2D eigenvalue weighted by molar-refractivity contribution is 5.27. The first-order chi connectivity index (χ1) is 10.0. The third-order valence-electron chi connectivity index (χ3n) is 4.12. The second kappa shape index (κ2) is 8.33. The highest BCUT2D eigenvalue weighted by atomic mass is 35.5. The van der Waals surface area contributed by atoms with Crippen molar-refractivity contribution in [3.8, 4) is 0 Å². The van der Waals surface area contributed by atoms with Gasteiger partial charge in [-0.15, -0.1) is 0 Å². The van der Waals surface area contributed by atoms with Crippen LogP contribution in [-0.4, -0.2) is 25.7 Å². The van der Waals surface area contributed by atoms with Crippen molar-refractivity contribution in [3.05, 3.63) is 71.8 Å². The van der Waals surface area contributed by atoms with Crippen LogP contribution in [-0.2, 0) is 12.0 Å². The van der Waals surface area contributed by atoms with Gasteiger partial charge in [-0.25, -0.2) is 0 Å². The lowest BCUT2D eigenvalue weighted by Gasteiger charge is -2.35. The minimum atomic E-state index is -0.833. The van der Waals surface area contributed by atoms with Crippen LogP contribution >= 0.6 is 0 Å². The predicted octanol–water partition coefficient (Wildman–Crippen LogP) is -1.10. The van der Waals surface area contributed by atoms with E-state index in [1.807, 2.05) is 48.5 Å². The normalized spacial score (nSPS) is 15.0. The van der Waals surface area contributed by atoms with Gasteiger partial charge in [0.1, 0.15) is 5.60 Å². The Hall–Kier alpha value is -1.35. The van der Waals surface area contributed by atoms with Gasteiger partial charge in [0.15, 0.2) is 0 Å². The van der Waals surface area contributed by atoms with E-state index in [2.05, 4.69) is 33.2 Å². The smallest absolute Gasteiger partial charge is 0.102 e. The molecule has 2 rings (SSSR count). The monoisotopic (exact) mass is 319 g/mol. The standard InChI is InChI=1S/C19H25NO.ClH/c1-16(15-20(2)3)19(21,18-12-8-5-9-13-18)14-17-10-6-4-7-11-17;/h4-13,16,21H,14-15H2,1-3H3;1H. The van der Waals surface area contributed by atoms with Gasteiger partial charge in [0.2, 0.25) is 0 Å². The maximum Gasteiger partial charge on any atom is 0.102 e. The molecule has 0 saturated heterocycles. The fraction of sp³-hybridized carbons (Fsp3) is 0.368. The van der Waals surface area contributed by atoms with Crippen molar-refractivity contribution in [1.29, 1.82) is 0 Å². The van der Waals surface area contributed by atoms with Gasteiger partial charge in [-0.3, -0.25) is 0 Å². The van der Waals surface area contributed by atoms with E-state index in [-0.39, 0.29) is 18.3 Å². The summed E-state index contributed by atoms with van der Waals surface area (Å²) in [5, 5.41) is 11.4. The SMILES string of the molecule is CC(C[NH+](C)C)C(O)(Cc1ccccc1)c1ccccc1.[Cl-]. The minimum Gasteiger partial charge on any atom is -1.00 e. The lowest BCUT2D eigenvalue weighted by atomic mass is 9.77. The molecule has 22 heavy (non-hydrogen) atoms. The molecule has 0 aromatic heterocycles. The Morgan fingerprint density at radius 3 is 1.95 bits per heavy atom. The molecule has 0 saturated carbocycles. The van der Waals surface area contributed by atoms with E-state index in [0.717, 1.165) is 12.1 Å². The molecule has 0 aliphatic rings. The number of nitrogens with one attached hydrogen (secondary N) is 1. The summed E-state index contributed by atoms with van der Waals surface area (Å²) >= 11 is 0. The highest BCUT2D eigenvalue weighted by Crippen LogP contribution is 2.32. The summed E-state index contributed by atoms with van der Waals surface area (Å²) in [6, 6.07) is 20.3. The minimum absolute atomic E-state index is 0. The van der Waals surface area contributed by atoms with Crippen LogP contribution in [0, 0.1) is 5.92 Å². The van der Waals surface area contributed by atoms with Gasteiger partial charge in [-0.2, -0.15) is 0 Å². The second-order valence-corrected chi connectivity index (χ2v) is 6.26. The number of quaternary nitrogens is 1. The summed E-state index contributed by atoms with van der Waals surface area (Å²) in [7, 11) is 4.26. The molecule has 3 heteroatoms. The molecule has 2 atom stereocenters. The van der Waals surface area contributed by atoms with Crippen molar-refractivity contribution in [1.82, 2.24) is 0 Å². The van der Waals surface area contributed by atoms with Crippen molar-refractivity contribution >= 4 is 0 Å². The van der Waals surface area contributed by atoms with Crippen molar-refractivity contribution in [2.45, 2.75) is 18.9 Å². The van der Waals surface area contributed by atoms with Gasteiger partial charge in [-0.05, 0) is 11.1 Å². The van der Waals surface area contributed by atoms with Crippen LogP contribution in [0.4, 0.5) is 0 Å². The van der Waals surface area contributed by atoms with E-state index in [1.165, 1.54) is 10.5 Å². The molecule has 2 aromatic carbocycles. The topological polar surface area (TPSA) is 24.7 Å². The zero-order chi connectivity index (χ0) is 15.3. The molecular formula is C19H26ClNO. The van der Waals surface area contributed by atoms with E-state index in [4.69, 9.17) is 0 Å². The Balaban J connectivity index is 0.00000242. The first kappa shape index (κ1) is 18.7. The zero-order valence-corrected chi connectivity index (χ0v) is 14.3. The van der Waals surface area contributed by atoms with Crippen LogP contribution in [0.1, 0.15) is 18.1 Å². The molecule has 2 unspecified atom stereocenters. The maximum atomic E-state index is 11.4. The van der Waals surface area contributed by atoms with Crippen molar-refractivity contribution in [2.24, 2.45) is 5.92 Å². The number of hydrogen-bond acceptors (Lipinski definition) is 1. The highest BCUT2D eigenvalue weighted by Gasteiger charge is 2.37. The Kier molecular flexibility index (Phi) is 7.08. The van der Waals surface area contributed by atoms with Gasteiger partial charge in [0.05, 0.1) is 20.6 Å². The predicted molar refractivity (Wildman–Crippen MR) is 87.3 cm³/mol. The van der Waals surface area contributed by atoms with E-state index in [0.29, 0.717) is 6.42 Å². The van der Waals surface area contributed by atoms with Gasteiger partial charge < -0.3 is 22.4 Å². The van der Waals surface area contributed by atoms with Gasteiger partial charge in [0.25, 0.3) is 0 Å². The Morgan fingerprint density at radius 2 is 1.45 bits per heavy atom. The van der Waals surface area contributed by atoms with Gasteiger partial charge in [-0.1, -0.05) is 67.6 Å². The molecule has 2 nitrogen and oxygen atoms in total. The first-order valence-electron chi connectivity index (χ1n) is 7.63. The van der Waals surface area contributed by atoms with Crippen LogP contribution < -0.4 is 17.3 Å². The fourth-order valence-corrected chi connectivity index (χ4v) is 2.98. The molecule has 0 aliphatic heterocycles. The number of hydrogen-bond donors (Lipinski definition) is 2. The second-order valence-electron chi connectivity index (χ2n) is 6.26. The summed E-state index contributed by atoms with van der Waals surface area (Å²) in [6.45, 7) is 3.07. The van der Waals surface area contributed by atoms with E-state index < -0.39 is 5.60 Å². The molecule has 0 fully saturated rings. The zero-order valence-electron chi connectivity index (χ0n) is 13.6. The number of rotatable bonds is 6. The quantitative estimate of drug-likeness (QED) is 0.694. The molecule has 2 N–H and O–H groups in total. The first-order valence-corrected chi connectivity index (χ1v) is 7.63. The summed E-state index contributed by atoms with van der Waals surface area (Å²) in [4.78, 5) is 1.35. The molecule has 0 aliphatic carbocycles. The van der Waals surface area contributed by atoms with Gasteiger partial charge >= 0.3 is 0 Å². The fourth-order valence-electron chi connectivity index (χ4n) is 2.98. The van der Waals surface area contributed by atoms with Gasteiger partial charge in [0, 0.05) is 12.3 Å². The third kappa shape index (κ3) is 4.57.